The lowest BCUT2D eigenvalue weighted by atomic mass is 10.3. The van der Waals surface area contributed by atoms with Crippen LogP contribution in [0.5, 0.6) is 0 Å². The number of benzene rings is 1. The Kier molecular flexibility index (Phi) is 2.90. The molecule has 2 rings (SSSR count). The maximum absolute atomic E-state index is 5.35. The van der Waals surface area contributed by atoms with Crippen LogP contribution in [0.1, 0.15) is 5.69 Å². The molecule has 1 heterocycles. The van der Waals surface area contributed by atoms with Crippen molar-refractivity contribution in [3.8, 4) is 5.69 Å². The summed E-state index contributed by atoms with van der Waals surface area (Å²) in [4.78, 5) is 0. The van der Waals surface area contributed by atoms with E-state index in [1.165, 1.54) is 0 Å². The Balaban J connectivity index is 2.24. The standard InChI is InChI=1S/C11H12N4/c12-8-4-5-10-9-15(14-13-10)11-6-2-1-3-7-11/h1-7,9H,8,12H2/b5-4+. The molecule has 4 nitrogen and oxygen atoms in total. The number of hydrogen-bond acceptors (Lipinski definition) is 3. The molecular formula is C11H12N4. The van der Waals surface area contributed by atoms with Crippen molar-refractivity contribution in [3.63, 3.8) is 0 Å². The van der Waals surface area contributed by atoms with Crippen molar-refractivity contribution >= 4 is 6.08 Å². The van der Waals surface area contributed by atoms with E-state index in [9.17, 15) is 0 Å². The molecule has 2 aromatic rings. The van der Waals surface area contributed by atoms with E-state index in [2.05, 4.69) is 10.3 Å². The molecule has 0 saturated heterocycles. The Morgan fingerprint density at radius 1 is 1.27 bits per heavy atom. The molecule has 0 radical (unpaired) electrons. The minimum atomic E-state index is 0.512. The van der Waals surface area contributed by atoms with Crippen LogP contribution in [0.4, 0.5) is 0 Å². The van der Waals surface area contributed by atoms with Gasteiger partial charge in [-0.1, -0.05) is 29.5 Å². The lowest BCUT2D eigenvalue weighted by Crippen LogP contribution is -1.93. The zero-order valence-electron chi connectivity index (χ0n) is 8.24. The molecule has 1 aromatic heterocycles. The molecule has 0 amide bonds. The van der Waals surface area contributed by atoms with Crippen LogP contribution in [0, 0.1) is 0 Å². The van der Waals surface area contributed by atoms with Crippen molar-refractivity contribution in [2.45, 2.75) is 0 Å². The highest BCUT2D eigenvalue weighted by atomic mass is 15.4. The zero-order chi connectivity index (χ0) is 10.5. The van der Waals surface area contributed by atoms with E-state index in [1.807, 2.05) is 48.7 Å². The summed E-state index contributed by atoms with van der Waals surface area (Å²) in [5.41, 5.74) is 7.16. The predicted octanol–water partition coefficient (Wildman–Crippen LogP) is 1.24. The molecular weight excluding hydrogens is 188 g/mol. The molecule has 15 heavy (non-hydrogen) atoms. The molecule has 0 bridgehead atoms. The fraction of sp³-hybridized carbons (Fsp3) is 0.0909. The largest absolute Gasteiger partial charge is 0.327 e. The minimum absolute atomic E-state index is 0.512. The van der Waals surface area contributed by atoms with Gasteiger partial charge in [-0.25, -0.2) is 4.68 Å². The van der Waals surface area contributed by atoms with Gasteiger partial charge in [0.2, 0.25) is 0 Å². The van der Waals surface area contributed by atoms with Crippen LogP contribution in [-0.4, -0.2) is 21.5 Å². The van der Waals surface area contributed by atoms with Gasteiger partial charge in [-0.3, -0.25) is 0 Å². The van der Waals surface area contributed by atoms with Crippen molar-refractivity contribution in [2.24, 2.45) is 5.73 Å². The molecule has 2 N–H and O–H groups in total. The van der Waals surface area contributed by atoms with Crippen molar-refractivity contribution in [2.75, 3.05) is 6.54 Å². The van der Waals surface area contributed by atoms with Gasteiger partial charge in [0.15, 0.2) is 0 Å². The van der Waals surface area contributed by atoms with Crippen LogP contribution in [0.25, 0.3) is 11.8 Å². The Labute approximate surface area is 88.0 Å². The van der Waals surface area contributed by atoms with E-state index in [-0.39, 0.29) is 0 Å². The van der Waals surface area contributed by atoms with Gasteiger partial charge in [-0.2, -0.15) is 0 Å². The first-order valence-electron chi connectivity index (χ1n) is 4.74. The van der Waals surface area contributed by atoms with Crippen LogP contribution in [0.2, 0.25) is 0 Å². The van der Waals surface area contributed by atoms with Gasteiger partial charge in [0, 0.05) is 6.54 Å². The molecule has 0 saturated carbocycles. The maximum Gasteiger partial charge on any atom is 0.106 e. The SMILES string of the molecule is NC/C=C/c1cn(-c2ccccc2)nn1. The monoisotopic (exact) mass is 200 g/mol. The number of hydrogen-bond donors (Lipinski definition) is 1. The van der Waals surface area contributed by atoms with Gasteiger partial charge in [-0.15, -0.1) is 5.10 Å². The Morgan fingerprint density at radius 3 is 2.80 bits per heavy atom. The summed E-state index contributed by atoms with van der Waals surface area (Å²) in [5.74, 6) is 0. The van der Waals surface area contributed by atoms with Gasteiger partial charge in [-0.05, 0) is 18.2 Å². The third-order valence-corrected chi connectivity index (χ3v) is 1.96. The first-order valence-corrected chi connectivity index (χ1v) is 4.74. The Hall–Kier alpha value is -1.94. The third kappa shape index (κ3) is 2.30. The highest BCUT2D eigenvalue weighted by Crippen LogP contribution is 2.06. The molecule has 0 aliphatic carbocycles. The Morgan fingerprint density at radius 2 is 2.07 bits per heavy atom. The Bertz CT molecular complexity index is 445. The zero-order valence-corrected chi connectivity index (χ0v) is 8.24. The lowest BCUT2D eigenvalue weighted by Gasteiger charge is -1.96. The summed E-state index contributed by atoms with van der Waals surface area (Å²) in [7, 11) is 0. The van der Waals surface area contributed by atoms with E-state index in [0.717, 1.165) is 11.4 Å². The molecule has 76 valence electrons. The highest BCUT2D eigenvalue weighted by Gasteiger charge is 1.98. The van der Waals surface area contributed by atoms with Crippen LogP contribution < -0.4 is 5.73 Å². The van der Waals surface area contributed by atoms with Crippen LogP contribution in [0.15, 0.2) is 42.6 Å². The number of aromatic nitrogens is 3. The molecule has 0 spiro atoms. The van der Waals surface area contributed by atoms with Crippen molar-refractivity contribution in [1.29, 1.82) is 0 Å². The fourth-order valence-corrected chi connectivity index (χ4v) is 1.25. The van der Waals surface area contributed by atoms with Gasteiger partial charge in [0.25, 0.3) is 0 Å². The number of rotatable bonds is 3. The summed E-state index contributed by atoms with van der Waals surface area (Å²) in [5, 5.41) is 8.01. The summed E-state index contributed by atoms with van der Waals surface area (Å²) < 4.78 is 1.73. The average molecular weight is 200 g/mol. The summed E-state index contributed by atoms with van der Waals surface area (Å²) in [6.07, 6.45) is 5.56. The first-order chi connectivity index (χ1) is 7.40. The topological polar surface area (TPSA) is 56.7 Å². The van der Waals surface area contributed by atoms with Crippen molar-refractivity contribution < 1.29 is 0 Å². The second-order valence-corrected chi connectivity index (χ2v) is 3.06. The van der Waals surface area contributed by atoms with Crippen LogP contribution >= 0.6 is 0 Å². The fourth-order valence-electron chi connectivity index (χ4n) is 1.25. The normalized spacial score (nSPS) is 11.0. The average Bonchev–Trinajstić information content (AvgIpc) is 2.76. The lowest BCUT2D eigenvalue weighted by molar-refractivity contribution is 0.802. The molecule has 1 aromatic carbocycles. The number of nitrogens with zero attached hydrogens (tertiary/aromatic N) is 3. The quantitative estimate of drug-likeness (QED) is 0.811. The van der Waals surface area contributed by atoms with Crippen LogP contribution in [-0.2, 0) is 0 Å². The van der Waals surface area contributed by atoms with E-state index in [0.29, 0.717) is 6.54 Å². The van der Waals surface area contributed by atoms with Crippen molar-refractivity contribution in [3.05, 3.63) is 48.3 Å². The molecule has 0 aliphatic heterocycles. The van der Waals surface area contributed by atoms with Gasteiger partial charge in [0.1, 0.15) is 5.69 Å². The highest BCUT2D eigenvalue weighted by molar-refractivity contribution is 5.44. The maximum atomic E-state index is 5.35. The second-order valence-electron chi connectivity index (χ2n) is 3.06. The van der Waals surface area contributed by atoms with E-state index >= 15 is 0 Å². The van der Waals surface area contributed by atoms with Crippen LogP contribution in [0.3, 0.4) is 0 Å². The van der Waals surface area contributed by atoms with Gasteiger partial charge < -0.3 is 5.73 Å². The molecule has 4 heteroatoms. The molecule has 0 atom stereocenters. The molecule has 0 unspecified atom stereocenters. The summed E-state index contributed by atoms with van der Waals surface area (Å²) >= 11 is 0. The summed E-state index contributed by atoms with van der Waals surface area (Å²) in [6, 6.07) is 9.85. The van der Waals surface area contributed by atoms with E-state index < -0.39 is 0 Å². The second kappa shape index (κ2) is 4.52. The van der Waals surface area contributed by atoms with Gasteiger partial charge >= 0.3 is 0 Å². The number of nitrogens with two attached hydrogens (primary N) is 1. The smallest absolute Gasteiger partial charge is 0.106 e. The molecule has 0 aliphatic rings. The summed E-state index contributed by atoms with van der Waals surface area (Å²) in [6.45, 7) is 0.512. The third-order valence-electron chi connectivity index (χ3n) is 1.96. The van der Waals surface area contributed by atoms with Gasteiger partial charge in [0.05, 0.1) is 11.9 Å². The predicted molar refractivity (Wildman–Crippen MR) is 59.4 cm³/mol. The van der Waals surface area contributed by atoms with E-state index in [1.54, 1.807) is 4.68 Å². The minimum Gasteiger partial charge on any atom is -0.327 e. The van der Waals surface area contributed by atoms with E-state index in [4.69, 9.17) is 5.73 Å². The number of para-hydroxylation sites is 1. The first kappa shape index (κ1) is 9.61. The van der Waals surface area contributed by atoms with Crippen molar-refractivity contribution in [1.82, 2.24) is 15.0 Å². The molecule has 0 fully saturated rings.